The highest BCUT2D eigenvalue weighted by Gasteiger charge is 2.36. The highest BCUT2D eigenvalue weighted by molar-refractivity contribution is 6.17. The van der Waals surface area contributed by atoms with Crippen molar-refractivity contribution in [2.45, 2.75) is 19.3 Å². The van der Waals surface area contributed by atoms with Crippen molar-refractivity contribution in [2.24, 2.45) is 0 Å². The fourth-order valence-corrected chi connectivity index (χ4v) is 10.4. The number of hydrogen-bond donors (Lipinski definition) is 0. The van der Waals surface area contributed by atoms with E-state index in [0.717, 1.165) is 34.1 Å². The average Bonchev–Trinajstić information content (AvgIpc) is 3.57. The molecule has 0 unspecified atom stereocenters. The smallest absolute Gasteiger partial charge is 0.0540 e. The summed E-state index contributed by atoms with van der Waals surface area (Å²) < 4.78 is 0. The zero-order valence-electron chi connectivity index (χ0n) is 35.3. The number of rotatable bonds is 6. The summed E-state index contributed by atoms with van der Waals surface area (Å²) in [5, 5.41) is 2.43. The van der Waals surface area contributed by atoms with Crippen molar-refractivity contribution < 1.29 is 0 Å². The Morgan fingerprint density at radius 3 is 1.43 bits per heavy atom. The molecule has 0 aromatic heterocycles. The molecule has 63 heavy (non-hydrogen) atoms. The second-order valence-electron chi connectivity index (χ2n) is 17.3. The molecule has 2 heteroatoms. The Kier molecular flexibility index (Phi) is 8.55. The van der Waals surface area contributed by atoms with Gasteiger partial charge in [-0.05, 0) is 116 Å². The number of benzene rings is 10. The van der Waals surface area contributed by atoms with Crippen molar-refractivity contribution in [2.75, 3.05) is 9.80 Å². The molecular formula is C61H44N2. The Morgan fingerprint density at radius 1 is 0.349 bits per heavy atom. The summed E-state index contributed by atoms with van der Waals surface area (Å²) in [5.41, 5.74) is 21.7. The summed E-state index contributed by atoms with van der Waals surface area (Å²) in [6.45, 7) is 4.70. The Labute approximate surface area is 369 Å². The summed E-state index contributed by atoms with van der Waals surface area (Å²) in [6, 6.07) is 84.8. The maximum absolute atomic E-state index is 2.49. The van der Waals surface area contributed by atoms with Gasteiger partial charge in [0.05, 0.1) is 17.1 Å². The molecule has 1 aliphatic carbocycles. The lowest BCUT2D eigenvalue weighted by Gasteiger charge is -2.34. The van der Waals surface area contributed by atoms with Crippen molar-refractivity contribution in [3.8, 4) is 55.6 Å². The van der Waals surface area contributed by atoms with Crippen LogP contribution in [0.3, 0.4) is 0 Å². The molecule has 0 atom stereocenters. The third-order valence-corrected chi connectivity index (χ3v) is 13.4. The predicted octanol–water partition coefficient (Wildman–Crippen LogP) is 17.1. The zero-order chi connectivity index (χ0) is 42.1. The van der Waals surface area contributed by atoms with Gasteiger partial charge in [-0.1, -0.05) is 190 Å². The maximum atomic E-state index is 2.49. The lowest BCUT2D eigenvalue weighted by atomic mass is 9.82. The summed E-state index contributed by atoms with van der Waals surface area (Å²) in [7, 11) is 0. The molecule has 10 aromatic carbocycles. The van der Waals surface area contributed by atoms with Crippen LogP contribution in [-0.2, 0) is 5.41 Å². The molecule has 10 aromatic rings. The van der Waals surface area contributed by atoms with E-state index in [1.54, 1.807) is 0 Å². The van der Waals surface area contributed by atoms with Crippen LogP contribution >= 0.6 is 0 Å². The molecule has 1 aliphatic heterocycles. The van der Waals surface area contributed by atoms with Crippen LogP contribution in [-0.4, -0.2) is 0 Å². The third kappa shape index (κ3) is 5.94. The van der Waals surface area contributed by atoms with Crippen molar-refractivity contribution >= 4 is 44.9 Å². The van der Waals surface area contributed by atoms with E-state index in [1.165, 1.54) is 77.5 Å². The van der Waals surface area contributed by atoms with Gasteiger partial charge in [0.2, 0.25) is 0 Å². The lowest BCUT2D eigenvalue weighted by molar-refractivity contribution is 0.660. The standard InChI is InChI=1S/C61H44N2/c1-61(2)55-25-12-9-20-48(55)54-40-47(36-38-56(54)61)63-57-26-13-10-21-49(57)51-23-15-24-53-59(39-37-52(60(51)53)50-22-11-14-27-58(50)63)62(45-32-28-43(29-33-45)41-16-5-3-6-17-41)46-34-30-44(31-35-46)42-18-7-4-8-19-42/h3-40H,1-2H3. The first kappa shape index (κ1) is 36.9. The van der Waals surface area contributed by atoms with Gasteiger partial charge in [-0.25, -0.2) is 0 Å². The van der Waals surface area contributed by atoms with Crippen molar-refractivity contribution in [1.82, 2.24) is 0 Å². The van der Waals surface area contributed by atoms with E-state index in [0.29, 0.717) is 0 Å². The molecule has 0 saturated heterocycles. The summed E-state index contributed by atoms with van der Waals surface area (Å²) in [5.74, 6) is 0. The van der Waals surface area contributed by atoms with Crippen LogP contribution in [0.25, 0.3) is 66.4 Å². The minimum Gasteiger partial charge on any atom is -0.310 e. The first-order valence-corrected chi connectivity index (χ1v) is 21.9. The van der Waals surface area contributed by atoms with Gasteiger partial charge in [0.1, 0.15) is 0 Å². The minimum atomic E-state index is -0.0649. The number of para-hydroxylation sites is 2. The second kappa shape index (κ2) is 14.6. The van der Waals surface area contributed by atoms with Crippen LogP contribution < -0.4 is 9.80 Å². The topological polar surface area (TPSA) is 6.48 Å². The molecule has 2 aliphatic rings. The Morgan fingerprint density at radius 2 is 0.825 bits per heavy atom. The van der Waals surface area contributed by atoms with Crippen molar-refractivity contribution in [3.63, 3.8) is 0 Å². The van der Waals surface area contributed by atoms with E-state index in [-0.39, 0.29) is 5.41 Å². The van der Waals surface area contributed by atoms with E-state index < -0.39 is 0 Å². The fraction of sp³-hybridized carbons (Fsp3) is 0.0492. The average molecular weight is 805 g/mol. The number of fused-ring (bicyclic) bond motifs is 7. The first-order chi connectivity index (χ1) is 31.0. The summed E-state index contributed by atoms with van der Waals surface area (Å²) in [6.07, 6.45) is 0. The first-order valence-electron chi connectivity index (χ1n) is 21.9. The molecule has 2 nitrogen and oxygen atoms in total. The molecule has 298 valence electrons. The van der Waals surface area contributed by atoms with Gasteiger partial charge in [-0.15, -0.1) is 0 Å². The van der Waals surface area contributed by atoms with E-state index in [1.807, 2.05) is 0 Å². The van der Waals surface area contributed by atoms with E-state index in [9.17, 15) is 0 Å². The molecule has 0 bridgehead atoms. The predicted molar refractivity (Wildman–Crippen MR) is 266 cm³/mol. The molecule has 1 heterocycles. The molecule has 0 N–H and O–H groups in total. The zero-order valence-corrected chi connectivity index (χ0v) is 35.3. The Bertz CT molecular complexity index is 3210. The van der Waals surface area contributed by atoms with Crippen molar-refractivity contribution in [3.05, 3.63) is 242 Å². The molecule has 0 radical (unpaired) electrons. The molecule has 0 saturated carbocycles. The van der Waals surface area contributed by atoms with Crippen LogP contribution in [0.5, 0.6) is 0 Å². The van der Waals surface area contributed by atoms with Gasteiger partial charge in [-0.3, -0.25) is 0 Å². The number of hydrogen-bond acceptors (Lipinski definition) is 2. The Balaban J connectivity index is 1.07. The van der Waals surface area contributed by atoms with E-state index in [2.05, 4.69) is 254 Å². The second-order valence-corrected chi connectivity index (χ2v) is 17.3. The van der Waals surface area contributed by atoms with Crippen LogP contribution in [0.1, 0.15) is 25.0 Å². The largest absolute Gasteiger partial charge is 0.310 e. The van der Waals surface area contributed by atoms with E-state index in [4.69, 9.17) is 0 Å². The van der Waals surface area contributed by atoms with Gasteiger partial charge in [0.15, 0.2) is 0 Å². The molecule has 0 amide bonds. The number of nitrogens with zero attached hydrogens (tertiary/aromatic N) is 2. The normalized spacial score (nSPS) is 13.0. The SMILES string of the molecule is CC1(C)c2ccccc2-c2cc(N3c4ccccc4-c4cccc5c(N(c6ccc(-c7ccccc7)cc6)c6ccc(-c7ccccc7)cc6)ccc(c45)-c4ccccc43)ccc21. The highest BCUT2D eigenvalue weighted by Crippen LogP contribution is 2.55. The molecule has 0 fully saturated rings. The van der Waals surface area contributed by atoms with Gasteiger partial charge in [-0.2, -0.15) is 0 Å². The summed E-state index contributed by atoms with van der Waals surface area (Å²) >= 11 is 0. The molecule has 0 spiro atoms. The van der Waals surface area contributed by atoms with Crippen LogP contribution in [0, 0.1) is 0 Å². The van der Waals surface area contributed by atoms with Crippen LogP contribution in [0.15, 0.2) is 231 Å². The van der Waals surface area contributed by atoms with Gasteiger partial charge in [0, 0.05) is 39.0 Å². The van der Waals surface area contributed by atoms with Crippen LogP contribution in [0.2, 0.25) is 0 Å². The summed E-state index contributed by atoms with van der Waals surface area (Å²) in [4.78, 5) is 4.92. The maximum Gasteiger partial charge on any atom is 0.0540 e. The molecular weight excluding hydrogens is 761 g/mol. The quantitative estimate of drug-likeness (QED) is 0.165. The van der Waals surface area contributed by atoms with E-state index >= 15 is 0 Å². The fourth-order valence-electron chi connectivity index (χ4n) is 10.4. The lowest BCUT2D eigenvalue weighted by Crippen LogP contribution is -2.16. The van der Waals surface area contributed by atoms with Gasteiger partial charge < -0.3 is 9.80 Å². The number of anilines is 6. The Hall–Kier alpha value is -7.94. The van der Waals surface area contributed by atoms with Crippen molar-refractivity contribution in [1.29, 1.82) is 0 Å². The molecule has 12 rings (SSSR count). The highest BCUT2D eigenvalue weighted by atomic mass is 15.2. The van der Waals surface area contributed by atoms with Gasteiger partial charge >= 0.3 is 0 Å². The minimum absolute atomic E-state index is 0.0649. The van der Waals surface area contributed by atoms with Crippen LogP contribution in [0.4, 0.5) is 34.1 Å². The third-order valence-electron chi connectivity index (χ3n) is 13.4. The monoisotopic (exact) mass is 804 g/mol. The van der Waals surface area contributed by atoms with Gasteiger partial charge in [0.25, 0.3) is 0 Å².